The van der Waals surface area contributed by atoms with Crippen molar-refractivity contribution in [3.63, 3.8) is 0 Å². The van der Waals surface area contributed by atoms with Crippen LogP contribution in [0.1, 0.15) is 0 Å². The van der Waals surface area contributed by atoms with E-state index in [1.165, 1.54) is 0 Å². The maximum atomic E-state index is 4.99. The van der Waals surface area contributed by atoms with Crippen LogP contribution >= 0.6 is 0 Å². The Hall–Kier alpha value is 0.00623. The SMILES string of the molecule is [Br-].[Mg+2].[c-]1cc2ccccc2o1. The van der Waals surface area contributed by atoms with E-state index in [9.17, 15) is 0 Å². The molecule has 0 saturated carbocycles. The summed E-state index contributed by atoms with van der Waals surface area (Å²) in [5, 5.41) is 1.11. The van der Waals surface area contributed by atoms with Crippen LogP contribution in [0, 0.1) is 6.26 Å². The second kappa shape index (κ2) is 4.80. The average molecular weight is 221 g/mol. The van der Waals surface area contributed by atoms with Gasteiger partial charge in [-0.1, -0.05) is 18.2 Å². The van der Waals surface area contributed by atoms with Crippen molar-refractivity contribution in [2.24, 2.45) is 0 Å². The van der Waals surface area contributed by atoms with Crippen molar-refractivity contribution in [3.8, 4) is 0 Å². The molecule has 1 aromatic carbocycles. The zero-order chi connectivity index (χ0) is 6.10. The first kappa shape index (κ1) is 11.0. The van der Waals surface area contributed by atoms with Gasteiger partial charge in [-0.25, -0.2) is 0 Å². The number of benzene rings is 1. The van der Waals surface area contributed by atoms with E-state index >= 15 is 0 Å². The van der Waals surface area contributed by atoms with E-state index < -0.39 is 0 Å². The predicted molar refractivity (Wildman–Crippen MR) is 40.8 cm³/mol. The van der Waals surface area contributed by atoms with Gasteiger partial charge in [0.2, 0.25) is 0 Å². The number of rotatable bonds is 0. The van der Waals surface area contributed by atoms with E-state index in [2.05, 4.69) is 6.26 Å². The van der Waals surface area contributed by atoms with Gasteiger partial charge in [0.1, 0.15) is 0 Å². The Morgan fingerprint density at radius 2 is 1.91 bits per heavy atom. The molecule has 3 heteroatoms. The van der Waals surface area contributed by atoms with E-state index in [-0.39, 0.29) is 40.0 Å². The van der Waals surface area contributed by atoms with Crippen LogP contribution in [-0.2, 0) is 0 Å². The molecule has 0 atom stereocenters. The van der Waals surface area contributed by atoms with Crippen LogP contribution in [0.2, 0.25) is 0 Å². The first-order valence-corrected chi connectivity index (χ1v) is 2.81. The van der Waals surface area contributed by atoms with Gasteiger partial charge < -0.3 is 21.4 Å². The number of halogens is 1. The molecule has 0 radical (unpaired) electrons. The van der Waals surface area contributed by atoms with Crippen LogP contribution in [0.25, 0.3) is 11.0 Å². The summed E-state index contributed by atoms with van der Waals surface area (Å²) in [7, 11) is 0. The predicted octanol–water partition coefficient (Wildman–Crippen LogP) is -1.14. The van der Waals surface area contributed by atoms with Gasteiger partial charge in [0, 0.05) is 0 Å². The summed E-state index contributed by atoms with van der Waals surface area (Å²) < 4.78 is 4.99. The molecule has 0 aliphatic rings. The van der Waals surface area contributed by atoms with Gasteiger partial charge in [0.15, 0.2) is 0 Å². The van der Waals surface area contributed by atoms with Crippen molar-refractivity contribution < 1.29 is 21.4 Å². The Morgan fingerprint density at radius 1 is 1.18 bits per heavy atom. The maximum absolute atomic E-state index is 4.99. The van der Waals surface area contributed by atoms with E-state index in [4.69, 9.17) is 4.42 Å². The molecule has 1 heterocycles. The van der Waals surface area contributed by atoms with Crippen molar-refractivity contribution in [2.45, 2.75) is 0 Å². The fourth-order valence-electron chi connectivity index (χ4n) is 0.849. The quantitative estimate of drug-likeness (QED) is 0.405. The molecule has 1 aromatic heterocycles. The zero-order valence-corrected chi connectivity index (χ0v) is 8.88. The molecule has 11 heavy (non-hydrogen) atoms. The summed E-state index contributed by atoms with van der Waals surface area (Å²) in [5.41, 5.74) is 0.900. The van der Waals surface area contributed by atoms with Gasteiger partial charge in [-0.15, -0.1) is 17.5 Å². The third kappa shape index (κ3) is 2.22. The van der Waals surface area contributed by atoms with Crippen LogP contribution in [-0.4, -0.2) is 23.1 Å². The van der Waals surface area contributed by atoms with Gasteiger partial charge in [-0.2, -0.15) is 0 Å². The van der Waals surface area contributed by atoms with Crippen molar-refractivity contribution in [3.05, 3.63) is 36.6 Å². The Morgan fingerprint density at radius 3 is 2.64 bits per heavy atom. The maximum Gasteiger partial charge on any atom is 2.00 e. The third-order valence-electron chi connectivity index (χ3n) is 1.30. The van der Waals surface area contributed by atoms with Crippen molar-refractivity contribution in [1.29, 1.82) is 0 Å². The number of para-hydroxylation sites is 1. The minimum absolute atomic E-state index is 0. The second-order valence-corrected chi connectivity index (χ2v) is 1.90. The van der Waals surface area contributed by atoms with Gasteiger partial charge in [0.25, 0.3) is 0 Å². The molecule has 0 fully saturated rings. The van der Waals surface area contributed by atoms with Gasteiger partial charge in [-0.3, -0.25) is 0 Å². The molecule has 1 nitrogen and oxygen atoms in total. The summed E-state index contributed by atoms with van der Waals surface area (Å²) in [5.74, 6) is 0. The van der Waals surface area contributed by atoms with Crippen molar-refractivity contribution >= 4 is 34.0 Å². The number of hydrogen-bond acceptors (Lipinski definition) is 1. The van der Waals surface area contributed by atoms with Gasteiger partial charge >= 0.3 is 23.1 Å². The van der Waals surface area contributed by atoms with Crippen LogP contribution in [0.3, 0.4) is 0 Å². The van der Waals surface area contributed by atoms with E-state index in [1.807, 2.05) is 30.3 Å². The van der Waals surface area contributed by atoms with Crippen LogP contribution in [0.5, 0.6) is 0 Å². The summed E-state index contributed by atoms with van der Waals surface area (Å²) in [6, 6.07) is 9.67. The number of furan rings is 1. The molecule has 52 valence electrons. The molecule has 0 spiro atoms. The zero-order valence-electron chi connectivity index (χ0n) is 5.88. The molecular weight excluding hydrogens is 216 g/mol. The molecule has 2 aromatic rings. The summed E-state index contributed by atoms with van der Waals surface area (Å²) >= 11 is 0. The largest absolute Gasteiger partial charge is 2.00 e. The number of hydrogen-bond donors (Lipinski definition) is 0. The molecule has 0 saturated heterocycles. The van der Waals surface area contributed by atoms with Crippen molar-refractivity contribution in [1.82, 2.24) is 0 Å². The Kier molecular flexibility index (Phi) is 4.80. The van der Waals surface area contributed by atoms with E-state index in [0.29, 0.717) is 0 Å². The standard InChI is InChI=1S/C8H5O.BrH.Mg/c1-2-4-8-7(3-1)5-6-9-8;;/h1-5H;1H;/q-1;;+2/p-1. The smallest absolute Gasteiger partial charge is 1.00 e. The summed E-state index contributed by atoms with van der Waals surface area (Å²) in [6.45, 7) is 0. The Balaban J connectivity index is 0.000000500. The fraction of sp³-hybridized carbons (Fsp3) is 0. The Bertz CT molecular complexity index is 288. The average Bonchev–Trinajstić information content (AvgIpc) is 2.33. The molecule has 0 N–H and O–H groups in total. The molecule has 0 amide bonds. The second-order valence-electron chi connectivity index (χ2n) is 1.90. The summed E-state index contributed by atoms with van der Waals surface area (Å²) in [4.78, 5) is 0. The molecule has 0 unspecified atom stereocenters. The first-order valence-electron chi connectivity index (χ1n) is 2.81. The molecular formula is C8H5BrMgO. The minimum atomic E-state index is 0. The molecule has 0 bridgehead atoms. The fourth-order valence-corrected chi connectivity index (χ4v) is 0.849. The van der Waals surface area contributed by atoms with E-state index in [1.54, 1.807) is 0 Å². The van der Waals surface area contributed by atoms with Crippen LogP contribution in [0.15, 0.2) is 34.7 Å². The third-order valence-corrected chi connectivity index (χ3v) is 1.30. The topological polar surface area (TPSA) is 13.1 Å². The van der Waals surface area contributed by atoms with Crippen LogP contribution in [0.4, 0.5) is 0 Å². The van der Waals surface area contributed by atoms with Crippen molar-refractivity contribution in [2.75, 3.05) is 0 Å². The first-order chi connectivity index (χ1) is 4.47. The van der Waals surface area contributed by atoms with Crippen LogP contribution < -0.4 is 17.0 Å². The number of fused-ring (bicyclic) bond motifs is 1. The molecule has 0 aliphatic carbocycles. The van der Waals surface area contributed by atoms with E-state index in [0.717, 1.165) is 11.0 Å². The monoisotopic (exact) mass is 220 g/mol. The summed E-state index contributed by atoms with van der Waals surface area (Å²) in [6.07, 6.45) is 2.66. The van der Waals surface area contributed by atoms with Gasteiger partial charge in [0.05, 0.1) is 0 Å². The molecule has 2 rings (SSSR count). The minimum Gasteiger partial charge on any atom is -1.00 e. The molecule has 0 aliphatic heterocycles. The van der Waals surface area contributed by atoms with Gasteiger partial charge in [-0.05, 0) is 11.8 Å². The Labute approximate surface area is 91.7 Å². The normalized spacial score (nSPS) is 8.36.